The van der Waals surface area contributed by atoms with E-state index in [1.165, 1.54) is 12.1 Å². The zero-order valence-electron chi connectivity index (χ0n) is 11.5. The van der Waals surface area contributed by atoms with Crippen molar-refractivity contribution in [3.63, 3.8) is 0 Å². The van der Waals surface area contributed by atoms with Crippen molar-refractivity contribution in [2.24, 2.45) is 0 Å². The van der Waals surface area contributed by atoms with Crippen LogP contribution in [0.4, 0.5) is 0 Å². The molecule has 2 aromatic rings. The summed E-state index contributed by atoms with van der Waals surface area (Å²) < 4.78 is 32.4. The van der Waals surface area contributed by atoms with Crippen LogP contribution < -0.4 is 9.46 Å². The minimum absolute atomic E-state index is 0.168. The third-order valence-corrected chi connectivity index (χ3v) is 4.52. The number of nitrogens with one attached hydrogen (secondary N) is 1. The third-order valence-electron chi connectivity index (χ3n) is 2.85. The average Bonchev–Trinajstić information content (AvgIpc) is 2.47. The Morgan fingerprint density at radius 1 is 1.10 bits per heavy atom. The van der Waals surface area contributed by atoms with Gasteiger partial charge in [0, 0.05) is 17.1 Å². The number of halogens is 1. The van der Waals surface area contributed by atoms with Gasteiger partial charge in [0.25, 0.3) is 0 Å². The predicted octanol–water partition coefficient (Wildman–Crippen LogP) is 3.22. The highest BCUT2D eigenvalue weighted by Crippen LogP contribution is 2.19. The second-order valence-corrected chi connectivity index (χ2v) is 6.52. The molecule has 0 radical (unpaired) electrons. The lowest BCUT2D eigenvalue weighted by molar-refractivity contribution is 0.336. The molecule has 2 aromatic carbocycles. The summed E-state index contributed by atoms with van der Waals surface area (Å²) in [6.07, 6.45) is 0. The topological polar surface area (TPSA) is 55.4 Å². The molecule has 2 rings (SSSR count). The summed E-state index contributed by atoms with van der Waals surface area (Å²) in [7, 11) is -3.57. The van der Waals surface area contributed by atoms with Crippen LogP contribution in [0.5, 0.6) is 5.75 Å². The fraction of sp³-hybridized carbons (Fsp3) is 0.200. The Bertz CT molecular complexity index is 699. The highest BCUT2D eigenvalue weighted by atomic mass is 35.5. The van der Waals surface area contributed by atoms with E-state index in [0.29, 0.717) is 17.4 Å². The number of para-hydroxylation sites is 1. The van der Waals surface area contributed by atoms with Crippen LogP contribution in [0.1, 0.15) is 12.5 Å². The molecule has 0 heterocycles. The maximum absolute atomic E-state index is 12.2. The largest absolute Gasteiger partial charge is 0.494 e. The second kappa shape index (κ2) is 6.93. The van der Waals surface area contributed by atoms with E-state index in [4.69, 9.17) is 16.3 Å². The monoisotopic (exact) mass is 325 g/mol. The maximum atomic E-state index is 12.2. The van der Waals surface area contributed by atoms with Crippen LogP contribution in [0.25, 0.3) is 0 Å². The molecule has 1 N–H and O–H groups in total. The number of sulfonamides is 1. The molecule has 0 saturated carbocycles. The quantitative estimate of drug-likeness (QED) is 0.887. The molecule has 0 bridgehead atoms. The molecule has 0 saturated heterocycles. The summed E-state index contributed by atoms with van der Waals surface area (Å²) in [6, 6.07) is 13.4. The fourth-order valence-electron chi connectivity index (χ4n) is 1.82. The van der Waals surface area contributed by atoms with Gasteiger partial charge in [0.05, 0.1) is 11.5 Å². The third kappa shape index (κ3) is 4.20. The van der Waals surface area contributed by atoms with Gasteiger partial charge in [-0.05, 0) is 37.3 Å². The van der Waals surface area contributed by atoms with E-state index in [1.54, 1.807) is 12.1 Å². The van der Waals surface area contributed by atoms with Crippen molar-refractivity contribution in [2.75, 3.05) is 6.61 Å². The van der Waals surface area contributed by atoms with Gasteiger partial charge in [-0.1, -0.05) is 29.8 Å². The number of rotatable bonds is 6. The fourth-order valence-corrected chi connectivity index (χ4v) is 2.95. The summed E-state index contributed by atoms with van der Waals surface area (Å²) >= 11 is 5.76. The van der Waals surface area contributed by atoms with E-state index >= 15 is 0 Å². The molecule has 0 unspecified atom stereocenters. The van der Waals surface area contributed by atoms with E-state index < -0.39 is 10.0 Å². The molecule has 0 aliphatic heterocycles. The highest BCUT2D eigenvalue weighted by molar-refractivity contribution is 7.89. The lowest BCUT2D eigenvalue weighted by Gasteiger charge is -2.11. The number of benzene rings is 2. The van der Waals surface area contributed by atoms with Gasteiger partial charge in [-0.2, -0.15) is 0 Å². The van der Waals surface area contributed by atoms with Crippen LogP contribution in [0.2, 0.25) is 5.02 Å². The van der Waals surface area contributed by atoms with E-state index in [2.05, 4.69) is 4.72 Å². The summed E-state index contributed by atoms with van der Waals surface area (Å²) in [5.74, 6) is 0.679. The van der Waals surface area contributed by atoms with Gasteiger partial charge in [0.15, 0.2) is 0 Å². The van der Waals surface area contributed by atoms with Crippen molar-refractivity contribution in [1.82, 2.24) is 4.72 Å². The molecule has 6 heteroatoms. The van der Waals surface area contributed by atoms with E-state index in [-0.39, 0.29) is 11.4 Å². The first kappa shape index (κ1) is 15.8. The van der Waals surface area contributed by atoms with Crippen molar-refractivity contribution in [3.05, 3.63) is 59.1 Å². The Morgan fingerprint density at radius 3 is 2.43 bits per heavy atom. The minimum atomic E-state index is -3.57. The molecule has 0 fully saturated rings. The Morgan fingerprint density at radius 2 is 1.76 bits per heavy atom. The minimum Gasteiger partial charge on any atom is -0.494 e. The zero-order valence-corrected chi connectivity index (χ0v) is 13.1. The van der Waals surface area contributed by atoms with E-state index in [0.717, 1.165) is 5.56 Å². The first-order valence-corrected chi connectivity index (χ1v) is 8.35. The van der Waals surface area contributed by atoms with Gasteiger partial charge >= 0.3 is 0 Å². The smallest absolute Gasteiger partial charge is 0.240 e. The van der Waals surface area contributed by atoms with Crippen molar-refractivity contribution in [2.45, 2.75) is 18.4 Å². The van der Waals surface area contributed by atoms with Crippen LogP contribution >= 0.6 is 11.6 Å². The SMILES string of the molecule is CCOc1ccccc1CNS(=O)(=O)c1ccc(Cl)cc1. The zero-order chi connectivity index (χ0) is 15.3. The van der Waals surface area contributed by atoms with Gasteiger partial charge in [0.1, 0.15) is 5.75 Å². The number of hydrogen-bond acceptors (Lipinski definition) is 3. The molecular formula is C15H16ClNO3S. The normalized spacial score (nSPS) is 11.3. The van der Waals surface area contributed by atoms with Crippen LogP contribution in [0.3, 0.4) is 0 Å². The lowest BCUT2D eigenvalue weighted by atomic mass is 10.2. The first-order valence-electron chi connectivity index (χ1n) is 6.49. The van der Waals surface area contributed by atoms with Gasteiger partial charge in [0.2, 0.25) is 10.0 Å². The summed E-state index contributed by atoms with van der Waals surface area (Å²) in [6.45, 7) is 2.58. The summed E-state index contributed by atoms with van der Waals surface area (Å²) in [4.78, 5) is 0.181. The lowest BCUT2D eigenvalue weighted by Crippen LogP contribution is -2.23. The molecule has 112 valence electrons. The Labute approximate surface area is 129 Å². The molecular weight excluding hydrogens is 310 g/mol. The van der Waals surface area contributed by atoms with E-state index in [1.807, 2.05) is 31.2 Å². The average molecular weight is 326 g/mol. The van der Waals surface area contributed by atoms with Crippen LogP contribution in [0, 0.1) is 0 Å². The highest BCUT2D eigenvalue weighted by Gasteiger charge is 2.14. The van der Waals surface area contributed by atoms with Gasteiger partial charge in [-0.25, -0.2) is 13.1 Å². The molecule has 0 aliphatic carbocycles. The Hall–Kier alpha value is -1.56. The van der Waals surface area contributed by atoms with Gasteiger partial charge < -0.3 is 4.74 Å². The maximum Gasteiger partial charge on any atom is 0.240 e. The summed E-state index contributed by atoms with van der Waals surface area (Å²) in [5.41, 5.74) is 0.789. The van der Waals surface area contributed by atoms with Crippen molar-refractivity contribution in [3.8, 4) is 5.75 Å². The molecule has 0 amide bonds. The first-order chi connectivity index (χ1) is 10.0. The summed E-state index contributed by atoms with van der Waals surface area (Å²) in [5, 5.41) is 0.496. The molecule has 0 spiro atoms. The molecule has 0 aliphatic rings. The Kier molecular flexibility index (Phi) is 5.22. The van der Waals surface area contributed by atoms with Crippen LogP contribution in [0.15, 0.2) is 53.4 Å². The van der Waals surface area contributed by atoms with Crippen LogP contribution in [-0.2, 0) is 16.6 Å². The van der Waals surface area contributed by atoms with Gasteiger partial charge in [-0.15, -0.1) is 0 Å². The molecule has 0 atom stereocenters. The van der Waals surface area contributed by atoms with E-state index in [9.17, 15) is 8.42 Å². The van der Waals surface area contributed by atoms with Gasteiger partial charge in [-0.3, -0.25) is 0 Å². The molecule has 0 aromatic heterocycles. The molecule has 4 nitrogen and oxygen atoms in total. The van der Waals surface area contributed by atoms with Crippen molar-refractivity contribution >= 4 is 21.6 Å². The van der Waals surface area contributed by atoms with Crippen molar-refractivity contribution in [1.29, 1.82) is 0 Å². The standard InChI is InChI=1S/C15H16ClNO3S/c1-2-20-15-6-4-3-5-12(15)11-17-21(18,19)14-9-7-13(16)8-10-14/h3-10,17H,2,11H2,1H3. The Balaban J connectivity index is 2.13. The van der Waals surface area contributed by atoms with Crippen molar-refractivity contribution < 1.29 is 13.2 Å². The van der Waals surface area contributed by atoms with Crippen LogP contribution in [-0.4, -0.2) is 15.0 Å². The number of ether oxygens (including phenoxy) is 1. The second-order valence-electron chi connectivity index (χ2n) is 4.32. The molecule has 21 heavy (non-hydrogen) atoms. The predicted molar refractivity (Wildman–Crippen MR) is 83.1 cm³/mol. The number of hydrogen-bond donors (Lipinski definition) is 1.